The van der Waals surface area contributed by atoms with Crippen molar-refractivity contribution in [3.05, 3.63) is 41.0 Å². The molecule has 0 unspecified atom stereocenters. The minimum absolute atomic E-state index is 0.170. The number of rotatable bonds is 3. The van der Waals surface area contributed by atoms with Gasteiger partial charge in [0.05, 0.1) is 0 Å². The van der Waals surface area contributed by atoms with Crippen molar-refractivity contribution in [1.29, 1.82) is 0 Å². The molecule has 2 heteroatoms. The van der Waals surface area contributed by atoms with E-state index < -0.39 is 0 Å². The van der Waals surface area contributed by atoms with Crippen LogP contribution in [0.5, 0.6) is 0 Å². The number of hydrogen-bond acceptors (Lipinski definition) is 1. The van der Waals surface area contributed by atoms with Gasteiger partial charge in [0.2, 0.25) is 5.12 Å². The monoisotopic (exact) mass is 206 g/mol. The first-order chi connectivity index (χ1) is 6.65. The first kappa shape index (κ1) is 11.1. The van der Waals surface area contributed by atoms with E-state index in [1.807, 2.05) is 24.3 Å². The molecule has 1 rings (SSSR count). The first-order valence-electron chi connectivity index (χ1n) is 4.64. The summed E-state index contributed by atoms with van der Waals surface area (Å²) in [6, 6.07) is 8.07. The molecular formula is C12H14OS. The highest BCUT2D eigenvalue weighted by Gasteiger charge is 2.00. The molecule has 0 saturated heterocycles. The summed E-state index contributed by atoms with van der Waals surface area (Å²) in [4.78, 5) is 10.9. The van der Waals surface area contributed by atoms with Crippen LogP contribution in [0.1, 0.15) is 25.0 Å². The van der Waals surface area contributed by atoms with Crippen LogP contribution in [0.25, 0.3) is 6.08 Å². The molecule has 0 aromatic heterocycles. The number of carbonyl (C=O) groups excluding carboxylic acids is 1. The van der Waals surface area contributed by atoms with Crippen molar-refractivity contribution in [2.75, 3.05) is 0 Å². The molecule has 1 aromatic rings. The maximum Gasteiger partial charge on any atom is 0.212 e. The van der Waals surface area contributed by atoms with E-state index in [2.05, 4.69) is 25.6 Å². The summed E-state index contributed by atoms with van der Waals surface area (Å²) in [7, 11) is 0. The largest absolute Gasteiger partial charge is 0.282 e. The fourth-order valence-electron chi connectivity index (χ4n) is 1.29. The van der Waals surface area contributed by atoms with E-state index in [1.165, 1.54) is 5.56 Å². The summed E-state index contributed by atoms with van der Waals surface area (Å²) in [6.07, 6.45) is 2.86. The van der Waals surface area contributed by atoms with E-state index in [0.29, 0.717) is 5.57 Å². The number of hydrogen-bond donors (Lipinski definition) is 1. The van der Waals surface area contributed by atoms with Gasteiger partial charge in [-0.1, -0.05) is 31.2 Å². The first-order valence-corrected chi connectivity index (χ1v) is 5.09. The fraction of sp³-hybridized carbons (Fsp3) is 0.250. The lowest BCUT2D eigenvalue weighted by molar-refractivity contribution is -0.107. The number of thiol groups is 1. The number of benzene rings is 1. The van der Waals surface area contributed by atoms with E-state index in [9.17, 15) is 4.79 Å². The van der Waals surface area contributed by atoms with Gasteiger partial charge in [-0.2, -0.15) is 0 Å². The third-order valence-corrected chi connectivity index (χ3v) is 2.50. The predicted octanol–water partition coefficient (Wildman–Crippen LogP) is 3.11. The minimum Gasteiger partial charge on any atom is -0.282 e. The third kappa shape index (κ3) is 2.74. The molecule has 1 nitrogen and oxygen atoms in total. The summed E-state index contributed by atoms with van der Waals surface area (Å²) < 4.78 is 0. The molecule has 0 aliphatic carbocycles. The number of aryl methyl sites for hydroxylation is 1. The average Bonchev–Trinajstić information content (AvgIpc) is 2.18. The van der Waals surface area contributed by atoms with E-state index in [4.69, 9.17) is 0 Å². The Balaban J connectivity index is 3.07. The maximum absolute atomic E-state index is 10.9. The summed E-state index contributed by atoms with van der Waals surface area (Å²) in [5.74, 6) is 0. The van der Waals surface area contributed by atoms with Crippen LogP contribution >= 0.6 is 12.6 Å². The van der Waals surface area contributed by atoms with Gasteiger partial charge in [0.1, 0.15) is 0 Å². The Bertz CT molecular complexity index is 366. The second kappa shape index (κ2) is 5.01. The zero-order valence-corrected chi connectivity index (χ0v) is 9.34. The van der Waals surface area contributed by atoms with Crippen LogP contribution in [0.15, 0.2) is 29.8 Å². The Morgan fingerprint density at radius 1 is 1.43 bits per heavy atom. The van der Waals surface area contributed by atoms with E-state index in [0.717, 1.165) is 12.0 Å². The highest BCUT2D eigenvalue weighted by molar-refractivity contribution is 7.97. The van der Waals surface area contributed by atoms with Crippen LogP contribution in [0.3, 0.4) is 0 Å². The Morgan fingerprint density at radius 3 is 2.64 bits per heavy atom. The quantitative estimate of drug-likeness (QED) is 0.594. The smallest absolute Gasteiger partial charge is 0.212 e. The van der Waals surface area contributed by atoms with Crippen LogP contribution < -0.4 is 0 Å². The Hall–Kier alpha value is -1.02. The lowest BCUT2D eigenvalue weighted by atomic mass is 10.0. The summed E-state index contributed by atoms with van der Waals surface area (Å²) in [6.45, 7) is 3.88. The van der Waals surface area contributed by atoms with Crippen molar-refractivity contribution >= 4 is 23.8 Å². The molecule has 74 valence electrons. The van der Waals surface area contributed by atoms with Gasteiger partial charge in [0.25, 0.3) is 0 Å². The highest BCUT2D eigenvalue weighted by atomic mass is 32.1. The van der Waals surface area contributed by atoms with Gasteiger partial charge in [-0.05, 0) is 30.5 Å². The predicted molar refractivity (Wildman–Crippen MR) is 63.5 cm³/mol. The van der Waals surface area contributed by atoms with Crippen molar-refractivity contribution in [3.63, 3.8) is 0 Å². The van der Waals surface area contributed by atoms with Crippen molar-refractivity contribution in [3.8, 4) is 0 Å². The summed E-state index contributed by atoms with van der Waals surface area (Å²) in [5.41, 5.74) is 3.03. The summed E-state index contributed by atoms with van der Waals surface area (Å²) in [5, 5.41) is -0.170. The molecule has 0 bridgehead atoms. The standard InChI is InChI=1S/C12H14OS/c1-3-10-6-4-5-7-11(10)8-9(2)12(13)14/h4-8H,3H2,1-2H3,(H,13,14). The van der Waals surface area contributed by atoms with Crippen LogP contribution in [-0.4, -0.2) is 5.12 Å². The van der Waals surface area contributed by atoms with Crippen LogP contribution in [0.4, 0.5) is 0 Å². The fourth-order valence-corrected chi connectivity index (χ4v) is 1.36. The molecule has 0 heterocycles. The Morgan fingerprint density at radius 2 is 2.07 bits per heavy atom. The van der Waals surface area contributed by atoms with Gasteiger partial charge in [0.15, 0.2) is 0 Å². The second-order valence-electron chi connectivity index (χ2n) is 3.18. The molecule has 0 aliphatic heterocycles. The maximum atomic E-state index is 10.9. The molecule has 1 aromatic carbocycles. The SMILES string of the molecule is CCc1ccccc1C=C(C)C(=O)S. The van der Waals surface area contributed by atoms with Crippen molar-refractivity contribution < 1.29 is 4.79 Å². The highest BCUT2D eigenvalue weighted by Crippen LogP contribution is 2.14. The van der Waals surface area contributed by atoms with Gasteiger partial charge >= 0.3 is 0 Å². The van der Waals surface area contributed by atoms with E-state index >= 15 is 0 Å². The van der Waals surface area contributed by atoms with Crippen LogP contribution in [-0.2, 0) is 11.2 Å². The van der Waals surface area contributed by atoms with Gasteiger partial charge < -0.3 is 0 Å². The van der Waals surface area contributed by atoms with Crippen molar-refractivity contribution in [1.82, 2.24) is 0 Å². The lowest BCUT2D eigenvalue weighted by Crippen LogP contribution is -1.90. The van der Waals surface area contributed by atoms with Crippen molar-refractivity contribution in [2.24, 2.45) is 0 Å². The van der Waals surface area contributed by atoms with Crippen molar-refractivity contribution in [2.45, 2.75) is 20.3 Å². The molecule has 0 aliphatic rings. The molecule has 0 radical (unpaired) electrons. The topological polar surface area (TPSA) is 17.1 Å². The Kier molecular flexibility index (Phi) is 3.96. The van der Waals surface area contributed by atoms with E-state index in [-0.39, 0.29) is 5.12 Å². The zero-order chi connectivity index (χ0) is 10.6. The van der Waals surface area contributed by atoms with Gasteiger partial charge in [-0.3, -0.25) is 4.79 Å². The van der Waals surface area contributed by atoms with Crippen LogP contribution in [0, 0.1) is 0 Å². The molecule has 0 N–H and O–H groups in total. The molecule has 0 saturated carbocycles. The molecule has 14 heavy (non-hydrogen) atoms. The average molecular weight is 206 g/mol. The van der Waals surface area contributed by atoms with Gasteiger partial charge in [0, 0.05) is 5.57 Å². The van der Waals surface area contributed by atoms with Gasteiger partial charge in [-0.15, -0.1) is 12.6 Å². The van der Waals surface area contributed by atoms with Gasteiger partial charge in [-0.25, -0.2) is 0 Å². The normalized spacial score (nSPS) is 11.5. The molecule has 0 amide bonds. The molecule has 0 spiro atoms. The zero-order valence-electron chi connectivity index (χ0n) is 8.45. The lowest BCUT2D eigenvalue weighted by Gasteiger charge is -2.03. The molecule has 0 atom stereocenters. The molecule has 0 fully saturated rings. The summed E-state index contributed by atoms with van der Waals surface area (Å²) >= 11 is 3.78. The molecular weight excluding hydrogens is 192 g/mol. The number of carbonyl (C=O) groups is 1. The Labute approximate surface area is 90.2 Å². The van der Waals surface area contributed by atoms with E-state index in [1.54, 1.807) is 6.92 Å². The third-order valence-electron chi connectivity index (χ3n) is 2.15. The van der Waals surface area contributed by atoms with Crippen LogP contribution in [0.2, 0.25) is 0 Å². The minimum atomic E-state index is -0.170. The second-order valence-corrected chi connectivity index (χ2v) is 3.59.